The molecule has 1 unspecified atom stereocenters. The fraction of sp³-hybridized carbons (Fsp3) is 0.409. The highest BCUT2D eigenvalue weighted by molar-refractivity contribution is 6.03. The third kappa shape index (κ3) is 4.23. The first kappa shape index (κ1) is 19.4. The summed E-state index contributed by atoms with van der Waals surface area (Å²) in [5.74, 6) is 1.11. The van der Waals surface area contributed by atoms with Crippen LogP contribution >= 0.6 is 0 Å². The van der Waals surface area contributed by atoms with E-state index >= 15 is 0 Å². The van der Waals surface area contributed by atoms with E-state index in [4.69, 9.17) is 4.52 Å². The molecule has 6 nitrogen and oxygen atoms in total. The zero-order chi connectivity index (χ0) is 20.6. The second-order valence-electron chi connectivity index (χ2n) is 8.72. The van der Waals surface area contributed by atoms with Gasteiger partial charge in [0.25, 0.3) is 5.91 Å². The number of nitrogens with zero attached hydrogens (tertiary/aromatic N) is 3. The molecular weight excluding hydrogens is 371 g/mol. The second kappa shape index (κ2) is 7.46. The van der Waals surface area contributed by atoms with Crippen molar-refractivity contribution >= 4 is 11.7 Å². The van der Waals surface area contributed by atoms with Crippen molar-refractivity contribution in [3.05, 3.63) is 64.9 Å². The van der Waals surface area contributed by atoms with Crippen molar-refractivity contribution in [1.82, 2.24) is 14.9 Å². The lowest BCUT2D eigenvalue weighted by Crippen LogP contribution is -2.27. The number of benzene rings is 1. The lowest BCUT2D eigenvalue weighted by Gasteiger charge is -2.33. The van der Waals surface area contributed by atoms with Crippen LogP contribution in [0.2, 0.25) is 0 Å². The average molecular weight is 396 g/mol. The second-order valence-corrected chi connectivity index (χ2v) is 8.72. The third-order valence-electron chi connectivity index (χ3n) is 5.60. The van der Waals surface area contributed by atoms with E-state index in [-0.39, 0.29) is 17.1 Å². The highest BCUT2D eigenvalue weighted by Crippen LogP contribution is 2.38. The first-order chi connectivity index (χ1) is 13.8. The van der Waals surface area contributed by atoms with Gasteiger partial charge < -0.3 is 9.84 Å². The normalized spacial score (nSPS) is 16.5. The van der Waals surface area contributed by atoms with Gasteiger partial charge >= 0.3 is 0 Å². The molecule has 29 heavy (non-hydrogen) atoms. The Bertz CT molecular complexity index is 1030. The summed E-state index contributed by atoms with van der Waals surface area (Å²) in [7, 11) is 0. The molecule has 7 heteroatoms. The minimum atomic E-state index is -0.319. The highest BCUT2D eigenvalue weighted by Gasteiger charge is 2.34. The van der Waals surface area contributed by atoms with Gasteiger partial charge in [-0.3, -0.25) is 9.48 Å². The fourth-order valence-corrected chi connectivity index (χ4v) is 3.84. The Labute approximate surface area is 169 Å². The molecule has 0 aliphatic heterocycles. The van der Waals surface area contributed by atoms with Gasteiger partial charge in [0.2, 0.25) is 0 Å². The Hall–Kier alpha value is -2.96. The van der Waals surface area contributed by atoms with Gasteiger partial charge in [0, 0.05) is 24.2 Å². The number of nitrogens with one attached hydrogen (secondary N) is 1. The molecule has 4 rings (SSSR count). The van der Waals surface area contributed by atoms with E-state index in [0.29, 0.717) is 24.0 Å². The van der Waals surface area contributed by atoms with Gasteiger partial charge in [-0.2, -0.15) is 5.10 Å². The Kier molecular flexibility index (Phi) is 4.98. The highest BCUT2D eigenvalue weighted by atomic mass is 19.1. The molecular formula is C22H25FN4O2. The molecule has 2 aromatic heterocycles. The predicted molar refractivity (Wildman–Crippen MR) is 107 cm³/mol. The molecule has 0 bridgehead atoms. The first-order valence-electron chi connectivity index (χ1n) is 9.86. The number of carbonyl (C=O) groups excluding carboxylic acids is 1. The number of aryl methyl sites for hydroxylation is 1. The van der Waals surface area contributed by atoms with E-state index in [1.54, 1.807) is 23.0 Å². The molecule has 0 radical (unpaired) electrons. The van der Waals surface area contributed by atoms with Crippen molar-refractivity contribution < 1.29 is 13.7 Å². The van der Waals surface area contributed by atoms with Crippen molar-refractivity contribution in [2.75, 3.05) is 5.32 Å². The van der Waals surface area contributed by atoms with Gasteiger partial charge in [0.05, 0.1) is 6.54 Å². The number of rotatable bonds is 4. The van der Waals surface area contributed by atoms with E-state index in [1.165, 1.54) is 12.1 Å². The first-order valence-corrected chi connectivity index (χ1v) is 9.86. The van der Waals surface area contributed by atoms with Crippen molar-refractivity contribution in [2.24, 2.45) is 11.3 Å². The van der Waals surface area contributed by atoms with Gasteiger partial charge in [-0.25, -0.2) is 4.39 Å². The van der Waals surface area contributed by atoms with Gasteiger partial charge in [0.15, 0.2) is 11.5 Å². The van der Waals surface area contributed by atoms with E-state index in [2.05, 4.69) is 36.3 Å². The molecule has 3 aromatic rings. The predicted octanol–water partition coefficient (Wildman–Crippen LogP) is 4.46. The molecule has 0 fully saturated rings. The number of carbonyl (C=O) groups is 1. The van der Waals surface area contributed by atoms with Gasteiger partial charge in [-0.1, -0.05) is 38.1 Å². The summed E-state index contributed by atoms with van der Waals surface area (Å²) >= 11 is 0. The van der Waals surface area contributed by atoms with Crippen LogP contribution in [0.4, 0.5) is 10.2 Å². The Morgan fingerprint density at radius 3 is 2.93 bits per heavy atom. The summed E-state index contributed by atoms with van der Waals surface area (Å²) in [6.45, 7) is 7.09. The van der Waals surface area contributed by atoms with E-state index in [0.717, 1.165) is 36.1 Å². The molecule has 1 amide bonds. The van der Waals surface area contributed by atoms with E-state index in [1.807, 2.05) is 6.07 Å². The minimum absolute atomic E-state index is 0.165. The van der Waals surface area contributed by atoms with Crippen LogP contribution in [0.25, 0.3) is 0 Å². The van der Waals surface area contributed by atoms with Crippen LogP contribution in [0.5, 0.6) is 0 Å². The number of fused-ring (bicyclic) bond motifs is 1. The van der Waals surface area contributed by atoms with E-state index < -0.39 is 0 Å². The lowest BCUT2D eigenvalue weighted by atomic mass is 9.71. The van der Waals surface area contributed by atoms with Crippen LogP contribution in [-0.2, 0) is 19.4 Å². The standard InChI is InChI=1S/C22H25FN4O2/c1-22(2,3)15-7-8-18-17(12-15)20(26-29-18)21(28)24-19-9-10-27(25-19)13-14-5-4-6-16(23)11-14/h4-6,9-11,15H,7-8,12-13H2,1-3H3,(H,24,25,28). The Balaban J connectivity index is 1.46. The summed E-state index contributed by atoms with van der Waals surface area (Å²) in [5, 5.41) is 11.2. The van der Waals surface area contributed by atoms with Crippen LogP contribution in [-0.4, -0.2) is 20.8 Å². The molecule has 1 aliphatic carbocycles. The van der Waals surface area contributed by atoms with Crippen molar-refractivity contribution in [3.63, 3.8) is 0 Å². The maximum Gasteiger partial charge on any atom is 0.279 e. The van der Waals surface area contributed by atoms with Gasteiger partial charge in [0.1, 0.15) is 11.6 Å². The summed E-state index contributed by atoms with van der Waals surface area (Å²) in [5.41, 5.74) is 2.21. The molecule has 0 spiro atoms. The number of hydrogen-bond acceptors (Lipinski definition) is 4. The molecule has 1 aliphatic rings. The van der Waals surface area contributed by atoms with Crippen LogP contribution in [0.15, 0.2) is 41.1 Å². The van der Waals surface area contributed by atoms with Gasteiger partial charge in [-0.15, -0.1) is 0 Å². The lowest BCUT2D eigenvalue weighted by molar-refractivity contribution is 0.101. The quantitative estimate of drug-likeness (QED) is 0.707. The smallest absolute Gasteiger partial charge is 0.279 e. The average Bonchev–Trinajstić information content (AvgIpc) is 3.27. The molecule has 2 heterocycles. The molecule has 152 valence electrons. The summed E-state index contributed by atoms with van der Waals surface area (Å²) in [4.78, 5) is 12.8. The largest absolute Gasteiger partial charge is 0.360 e. The third-order valence-corrected chi connectivity index (χ3v) is 5.60. The number of anilines is 1. The molecule has 0 saturated heterocycles. The Morgan fingerprint density at radius 1 is 1.34 bits per heavy atom. The molecule has 1 atom stereocenters. The fourth-order valence-electron chi connectivity index (χ4n) is 3.84. The van der Waals surface area contributed by atoms with Crippen LogP contribution in [0.3, 0.4) is 0 Å². The summed E-state index contributed by atoms with van der Waals surface area (Å²) in [6, 6.07) is 8.07. The number of aromatic nitrogens is 3. The molecule has 1 aromatic carbocycles. The monoisotopic (exact) mass is 396 g/mol. The maximum absolute atomic E-state index is 13.3. The van der Waals surface area contributed by atoms with E-state index in [9.17, 15) is 9.18 Å². The van der Waals surface area contributed by atoms with Crippen LogP contribution in [0.1, 0.15) is 54.6 Å². The molecule has 1 N–H and O–H groups in total. The van der Waals surface area contributed by atoms with Crippen LogP contribution < -0.4 is 5.32 Å². The number of amides is 1. The SMILES string of the molecule is CC(C)(C)C1CCc2onc(C(=O)Nc3ccn(Cc4cccc(F)c4)n3)c2C1. The maximum atomic E-state index is 13.3. The van der Waals surface area contributed by atoms with Crippen LogP contribution in [0, 0.1) is 17.2 Å². The topological polar surface area (TPSA) is 73.0 Å². The summed E-state index contributed by atoms with van der Waals surface area (Å²) in [6.07, 6.45) is 4.38. The molecule has 0 saturated carbocycles. The number of halogens is 1. The van der Waals surface area contributed by atoms with Crippen molar-refractivity contribution in [1.29, 1.82) is 0 Å². The zero-order valence-corrected chi connectivity index (χ0v) is 16.9. The Morgan fingerprint density at radius 2 is 2.17 bits per heavy atom. The van der Waals surface area contributed by atoms with Crippen molar-refractivity contribution in [3.8, 4) is 0 Å². The summed E-state index contributed by atoms with van der Waals surface area (Å²) < 4.78 is 20.4. The van der Waals surface area contributed by atoms with Crippen molar-refractivity contribution in [2.45, 2.75) is 46.6 Å². The van der Waals surface area contributed by atoms with Gasteiger partial charge in [-0.05, 0) is 41.9 Å². The zero-order valence-electron chi connectivity index (χ0n) is 16.9. The minimum Gasteiger partial charge on any atom is -0.360 e. The number of hydrogen-bond donors (Lipinski definition) is 1.